The van der Waals surface area contributed by atoms with Crippen LogP contribution < -0.4 is 5.32 Å². The van der Waals surface area contributed by atoms with Gasteiger partial charge in [0.1, 0.15) is 5.54 Å². The van der Waals surface area contributed by atoms with Crippen LogP contribution in [0.25, 0.3) is 0 Å². The summed E-state index contributed by atoms with van der Waals surface area (Å²) >= 11 is 0. The standard InChI is InChI=1S/C13H28N2O3/c1-7-14-13(4,12(16)18-6)10-15(8-2)11(3)9-17-5/h11,14H,7-10H2,1-6H3. The van der Waals surface area contributed by atoms with Crippen molar-refractivity contribution >= 4 is 5.97 Å². The summed E-state index contributed by atoms with van der Waals surface area (Å²) in [5.41, 5.74) is -0.679. The van der Waals surface area contributed by atoms with Gasteiger partial charge in [-0.25, -0.2) is 0 Å². The number of carbonyl (C=O) groups excluding carboxylic acids is 1. The number of esters is 1. The molecule has 0 aliphatic rings. The second-order valence-corrected chi connectivity index (χ2v) is 4.72. The highest BCUT2D eigenvalue weighted by atomic mass is 16.5. The zero-order valence-electron chi connectivity index (χ0n) is 12.6. The molecule has 5 heteroatoms. The van der Waals surface area contributed by atoms with E-state index < -0.39 is 5.54 Å². The summed E-state index contributed by atoms with van der Waals surface area (Å²) in [4.78, 5) is 14.1. The van der Waals surface area contributed by atoms with Crippen molar-refractivity contribution in [2.45, 2.75) is 39.3 Å². The first-order valence-electron chi connectivity index (χ1n) is 6.51. The van der Waals surface area contributed by atoms with Crippen molar-refractivity contribution < 1.29 is 14.3 Å². The zero-order valence-corrected chi connectivity index (χ0v) is 12.6. The molecule has 0 saturated heterocycles. The van der Waals surface area contributed by atoms with Crippen LogP contribution >= 0.6 is 0 Å². The third-order valence-corrected chi connectivity index (χ3v) is 3.16. The Morgan fingerprint density at radius 2 is 2.00 bits per heavy atom. The van der Waals surface area contributed by atoms with Crippen LogP contribution in [0, 0.1) is 0 Å². The maximum Gasteiger partial charge on any atom is 0.327 e. The normalized spacial score (nSPS) is 16.4. The van der Waals surface area contributed by atoms with E-state index in [2.05, 4.69) is 24.1 Å². The van der Waals surface area contributed by atoms with E-state index in [0.717, 1.165) is 13.1 Å². The molecule has 0 aromatic rings. The number of nitrogens with one attached hydrogen (secondary N) is 1. The van der Waals surface area contributed by atoms with Crippen LogP contribution in [0.3, 0.4) is 0 Å². The number of ether oxygens (including phenoxy) is 2. The van der Waals surface area contributed by atoms with Gasteiger partial charge in [-0.2, -0.15) is 0 Å². The summed E-state index contributed by atoms with van der Waals surface area (Å²) in [7, 11) is 3.11. The number of likely N-dealkylation sites (N-methyl/N-ethyl adjacent to an activating group) is 2. The lowest BCUT2D eigenvalue weighted by Crippen LogP contribution is -2.59. The van der Waals surface area contributed by atoms with Gasteiger partial charge in [0, 0.05) is 19.7 Å². The Labute approximate surface area is 111 Å². The van der Waals surface area contributed by atoms with Gasteiger partial charge in [0.15, 0.2) is 0 Å². The average molecular weight is 260 g/mol. The van der Waals surface area contributed by atoms with E-state index in [1.165, 1.54) is 7.11 Å². The molecule has 0 radical (unpaired) electrons. The van der Waals surface area contributed by atoms with E-state index in [1.54, 1.807) is 7.11 Å². The highest BCUT2D eigenvalue weighted by Crippen LogP contribution is 2.12. The number of carbonyl (C=O) groups is 1. The molecule has 18 heavy (non-hydrogen) atoms. The molecule has 0 saturated carbocycles. The minimum absolute atomic E-state index is 0.229. The van der Waals surface area contributed by atoms with Gasteiger partial charge in [0.2, 0.25) is 0 Å². The van der Waals surface area contributed by atoms with E-state index in [0.29, 0.717) is 13.2 Å². The molecular formula is C13H28N2O3. The fraction of sp³-hybridized carbons (Fsp3) is 0.923. The number of hydrogen-bond donors (Lipinski definition) is 1. The number of rotatable bonds is 9. The van der Waals surface area contributed by atoms with Gasteiger partial charge in [-0.15, -0.1) is 0 Å². The fourth-order valence-corrected chi connectivity index (χ4v) is 2.14. The van der Waals surface area contributed by atoms with Gasteiger partial charge >= 0.3 is 5.97 Å². The molecule has 2 unspecified atom stereocenters. The molecule has 0 rings (SSSR count). The van der Waals surface area contributed by atoms with Gasteiger partial charge in [-0.05, 0) is 26.9 Å². The molecule has 1 N–H and O–H groups in total. The van der Waals surface area contributed by atoms with Crippen molar-refractivity contribution in [1.29, 1.82) is 0 Å². The minimum atomic E-state index is -0.679. The summed E-state index contributed by atoms with van der Waals surface area (Å²) in [5, 5.41) is 3.21. The second-order valence-electron chi connectivity index (χ2n) is 4.72. The summed E-state index contributed by atoms with van der Waals surface area (Å²) in [6.45, 7) is 10.9. The molecule has 0 aromatic heterocycles. The lowest BCUT2D eigenvalue weighted by molar-refractivity contribution is -0.149. The Balaban J connectivity index is 4.77. The number of nitrogens with zero attached hydrogens (tertiary/aromatic N) is 1. The van der Waals surface area contributed by atoms with Crippen LogP contribution in [0.5, 0.6) is 0 Å². The van der Waals surface area contributed by atoms with Crippen LogP contribution in [-0.4, -0.2) is 62.9 Å². The monoisotopic (exact) mass is 260 g/mol. The number of methoxy groups -OCH3 is 2. The third kappa shape index (κ3) is 4.92. The Morgan fingerprint density at radius 1 is 1.39 bits per heavy atom. The van der Waals surface area contributed by atoms with E-state index in [1.807, 2.05) is 13.8 Å². The van der Waals surface area contributed by atoms with Crippen LogP contribution in [0.1, 0.15) is 27.7 Å². The Morgan fingerprint density at radius 3 is 2.39 bits per heavy atom. The maximum absolute atomic E-state index is 11.9. The Kier molecular flexibility index (Phi) is 8.15. The lowest BCUT2D eigenvalue weighted by atomic mass is 10.0. The van der Waals surface area contributed by atoms with Crippen LogP contribution in [-0.2, 0) is 14.3 Å². The summed E-state index contributed by atoms with van der Waals surface area (Å²) in [5.74, 6) is -0.229. The van der Waals surface area contributed by atoms with Crippen molar-refractivity contribution in [3.63, 3.8) is 0 Å². The topological polar surface area (TPSA) is 50.8 Å². The average Bonchev–Trinajstić information content (AvgIpc) is 2.35. The van der Waals surface area contributed by atoms with Crippen molar-refractivity contribution in [1.82, 2.24) is 10.2 Å². The first-order chi connectivity index (χ1) is 8.45. The summed E-state index contributed by atoms with van der Waals surface area (Å²) < 4.78 is 10.1. The first-order valence-corrected chi connectivity index (χ1v) is 6.51. The quantitative estimate of drug-likeness (QED) is 0.624. The molecular weight excluding hydrogens is 232 g/mol. The predicted octanol–water partition coefficient (Wildman–Crippen LogP) is 0.884. The SMILES string of the molecule is CCNC(C)(CN(CC)C(C)COC)C(=O)OC. The van der Waals surface area contributed by atoms with Crippen molar-refractivity contribution in [3.05, 3.63) is 0 Å². The molecule has 0 aromatic carbocycles. The predicted molar refractivity (Wildman–Crippen MR) is 72.7 cm³/mol. The van der Waals surface area contributed by atoms with Gasteiger partial charge < -0.3 is 14.8 Å². The van der Waals surface area contributed by atoms with Gasteiger partial charge in [0.05, 0.1) is 13.7 Å². The van der Waals surface area contributed by atoms with Gasteiger partial charge in [-0.3, -0.25) is 9.69 Å². The molecule has 108 valence electrons. The molecule has 5 nitrogen and oxygen atoms in total. The molecule has 2 atom stereocenters. The zero-order chi connectivity index (χ0) is 14.2. The van der Waals surface area contributed by atoms with Crippen LogP contribution in [0.2, 0.25) is 0 Å². The number of hydrogen-bond acceptors (Lipinski definition) is 5. The third-order valence-electron chi connectivity index (χ3n) is 3.16. The van der Waals surface area contributed by atoms with E-state index in [9.17, 15) is 4.79 Å². The van der Waals surface area contributed by atoms with E-state index >= 15 is 0 Å². The van der Waals surface area contributed by atoms with Crippen molar-refractivity contribution in [2.24, 2.45) is 0 Å². The van der Waals surface area contributed by atoms with Crippen molar-refractivity contribution in [3.8, 4) is 0 Å². The van der Waals surface area contributed by atoms with Gasteiger partial charge in [-0.1, -0.05) is 13.8 Å². The molecule has 0 aliphatic carbocycles. The van der Waals surface area contributed by atoms with E-state index in [-0.39, 0.29) is 12.0 Å². The first kappa shape index (κ1) is 17.4. The van der Waals surface area contributed by atoms with Crippen LogP contribution in [0.4, 0.5) is 0 Å². The highest BCUT2D eigenvalue weighted by Gasteiger charge is 2.36. The lowest BCUT2D eigenvalue weighted by Gasteiger charge is -2.36. The Hall–Kier alpha value is -0.650. The minimum Gasteiger partial charge on any atom is -0.468 e. The smallest absolute Gasteiger partial charge is 0.327 e. The fourth-order valence-electron chi connectivity index (χ4n) is 2.14. The molecule has 0 fully saturated rings. The summed E-state index contributed by atoms with van der Waals surface area (Å²) in [6, 6.07) is 0.266. The molecule has 0 amide bonds. The molecule has 0 aliphatic heterocycles. The largest absolute Gasteiger partial charge is 0.468 e. The van der Waals surface area contributed by atoms with Gasteiger partial charge in [0.25, 0.3) is 0 Å². The molecule has 0 spiro atoms. The second kappa shape index (κ2) is 8.45. The summed E-state index contributed by atoms with van der Waals surface area (Å²) in [6.07, 6.45) is 0. The molecule has 0 heterocycles. The van der Waals surface area contributed by atoms with E-state index in [4.69, 9.17) is 9.47 Å². The highest BCUT2D eigenvalue weighted by molar-refractivity contribution is 5.80. The maximum atomic E-state index is 11.9. The molecule has 0 bridgehead atoms. The Bertz CT molecular complexity index is 248. The van der Waals surface area contributed by atoms with Crippen LogP contribution in [0.15, 0.2) is 0 Å². The van der Waals surface area contributed by atoms with Crippen molar-refractivity contribution in [2.75, 3.05) is 40.5 Å².